The molecule has 0 radical (unpaired) electrons. The lowest BCUT2D eigenvalue weighted by atomic mass is 9.88. The molecule has 0 saturated carbocycles. The summed E-state index contributed by atoms with van der Waals surface area (Å²) in [6, 6.07) is -1.22. The first kappa shape index (κ1) is 21.7. The highest BCUT2D eigenvalue weighted by Gasteiger charge is 2.54. The Kier molecular flexibility index (Phi) is 7.72. The van der Waals surface area contributed by atoms with Crippen molar-refractivity contribution < 1.29 is 44.6 Å². The van der Waals surface area contributed by atoms with Gasteiger partial charge in [0.15, 0.2) is 0 Å². The predicted molar refractivity (Wildman–Crippen MR) is 82.9 cm³/mol. The standard InChI is InChI=1S/C15H27NO9/c1-7(2)6-24-14(22)15(23)4-9(19)11(16-8(3)18)13(25-15)12(21)10(20)5-17/h7,9-13,17,19-21,23H,4-6H2,1-3H3,(H,16,18)/t9-,10?,11+,12?,13+,15?/m0/s1. The molecule has 6 atom stereocenters. The zero-order valence-corrected chi connectivity index (χ0v) is 14.5. The summed E-state index contributed by atoms with van der Waals surface area (Å²) in [5.74, 6) is -4.29. The van der Waals surface area contributed by atoms with Crippen molar-refractivity contribution in [1.29, 1.82) is 0 Å². The summed E-state index contributed by atoms with van der Waals surface area (Å²) in [5.41, 5.74) is 0. The number of aliphatic hydroxyl groups is 5. The zero-order chi connectivity index (χ0) is 19.4. The van der Waals surface area contributed by atoms with Gasteiger partial charge in [-0.25, -0.2) is 4.79 Å². The van der Waals surface area contributed by atoms with Gasteiger partial charge >= 0.3 is 5.97 Å². The van der Waals surface area contributed by atoms with Crippen LogP contribution in [-0.4, -0.2) is 86.9 Å². The molecule has 0 aromatic heterocycles. The molecule has 1 aliphatic rings. The summed E-state index contributed by atoms with van der Waals surface area (Å²) in [6.45, 7) is 3.90. The number of hydrogen-bond acceptors (Lipinski definition) is 9. The van der Waals surface area contributed by atoms with Crippen molar-refractivity contribution in [3.63, 3.8) is 0 Å². The summed E-state index contributed by atoms with van der Waals surface area (Å²) >= 11 is 0. The SMILES string of the molecule is CC(=O)N[C@@H]1[C@@H](O)CC(O)(C(=O)OCC(C)C)O[C@H]1C(O)C(O)CO. The second-order valence-electron chi connectivity index (χ2n) is 6.60. The van der Waals surface area contributed by atoms with Crippen LogP contribution in [0.15, 0.2) is 0 Å². The van der Waals surface area contributed by atoms with E-state index in [1.54, 1.807) is 13.8 Å². The van der Waals surface area contributed by atoms with E-state index < -0.39 is 61.1 Å². The molecule has 1 aliphatic heterocycles. The molecule has 0 aromatic carbocycles. The van der Waals surface area contributed by atoms with Crippen LogP contribution in [0.1, 0.15) is 27.2 Å². The van der Waals surface area contributed by atoms with Gasteiger partial charge in [0, 0.05) is 13.3 Å². The summed E-state index contributed by atoms with van der Waals surface area (Å²) in [6.07, 6.45) is -7.11. The fraction of sp³-hybridized carbons (Fsp3) is 0.867. The van der Waals surface area contributed by atoms with Crippen LogP contribution >= 0.6 is 0 Å². The Hall–Kier alpha value is -1.30. The van der Waals surface area contributed by atoms with Gasteiger partial charge in [-0.15, -0.1) is 0 Å². The number of nitrogens with one attached hydrogen (secondary N) is 1. The third-order valence-electron chi connectivity index (χ3n) is 3.74. The van der Waals surface area contributed by atoms with Gasteiger partial charge in [0.2, 0.25) is 5.91 Å². The van der Waals surface area contributed by atoms with Crippen molar-refractivity contribution >= 4 is 11.9 Å². The second kappa shape index (κ2) is 8.88. The molecule has 0 aliphatic carbocycles. The largest absolute Gasteiger partial charge is 0.461 e. The fourth-order valence-electron chi connectivity index (χ4n) is 2.48. The number of hydrogen-bond donors (Lipinski definition) is 6. The van der Waals surface area contributed by atoms with E-state index in [4.69, 9.17) is 14.6 Å². The van der Waals surface area contributed by atoms with E-state index in [0.29, 0.717) is 0 Å². The third kappa shape index (κ3) is 5.59. The molecular weight excluding hydrogens is 338 g/mol. The third-order valence-corrected chi connectivity index (χ3v) is 3.74. The minimum Gasteiger partial charge on any atom is -0.461 e. The summed E-state index contributed by atoms with van der Waals surface area (Å²) < 4.78 is 10.1. The van der Waals surface area contributed by atoms with Gasteiger partial charge in [0.05, 0.1) is 25.4 Å². The van der Waals surface area contributed by atoms with Crippen LogP contribution in [0.25, 0.3) is 0 Å². The van der Waals surface area contributed by atoms with E-state index in [0.717, 1.165) is 6.92 Å². The Morgan fingerprint density at radius 1 is 1.36 bits per heavy atom. The van der Waals surface area contributed by atoms with E-state index in [-0.39, 0.29) is 12.5 Å². The summed E-state index contributed by atoms with van der Waals surface area (Å²) in [5, 5.41) is 51.7. The highest BCUT2D eigenvalue weighted by Crippen LogP contribution is 2.31. The van der Waals surface area contributed by atoms with E-state index in [9.17, 15) is 30.0 Å². The van der Waals surface area contributed by atoms with Crippen LogP contribution in [0.5, 0.6) is 0 Å². The lowest BCUT2D eigenvalue weighted by Gasteiger charge is -2.45. The maximum atomic E-state index is 12.1. The lowest BCUT2D eigenvalue weighted by molar-refractivity contribution is -0.297. The molecule has 10 nitrogen and oxygen atoms in total. The highest BCUT2D eigenvalue weighted by molar-refractivity contribution is 5.78. The number of carbonyl (C=O) groups excluding carboxylic acids is 2. The molecular formula is C15H27NO9. The maximum Gasteiger partial charge on any atom is 0.366 e. The Morgan fingerprint density at radius 3 is 2.44 bits per heavy atom. The molecule has 1 saturated heterocycles. The molecule has 25 heavy (non-hydrogen) atoms. The van der Waals surface area contributed by atoms with Crippen LogP contribution < -0.4 is 5.32 Å². The summed E-state index contributed by atoms with van der Waals surface area (Å²) in [7, 11) is 0. The predicted octanol–water partition coefficient (Wildman–Crippen LogP) is -2.76. The van der Waals surface area contributed by atoms with Crippen molar-refractivity contribution in [2.75, 3.05) is 13.2 Å². The highest BCUT2D eigenvalue weighted by atomic mass is 16.7. The van der Waals surface area contributed by atoms with Crippen molar-refractivity contribution in [3.05, 3.63) is 0 Å². The number of aliphatic hydroxyl groups excluding tert-OH is 4. The first-order valence-electron chi connectivity index (χ1n) is 8.01. The molecule has 1 heterocycles. The molecule has 10 heteroatoms. The second-order valence-corrected chi connectivity index (χ2v) is 6.60. The number of rotatable bonds is 7. The molecule has 0 aromatic rings. The quantitative estimate of drug-likeness (QED) is 0.262. The number of carbonyl (C=O) groups is 2. The van der Waals surface area contributed by atoms with Gasteiger partial charge in [0.25, 0.3) is 5.79 Å². The van der Waals surface area contributed by atoms with E-state index in [2.05, 4.69) is 5.32 Å². The molecule has 6 N–H and O–H groups in total. The molecule has 3 unspecified atom stereocenters. The van der Waals surface area contributed by atoms with E-state index in [1.807, 2.05) is 0 Å². The van der Waals surface area contributed by atoms with Gasteiger partial charge in [-0.1, -0.05) is 13.8 Å². The average molecular weight is 365 g/mol. The molecule has 0 bridgehead atoms. The smallest absolute Gasteiger partial charge is 0.366 e. The van der Waals surface area contributed by atoms with Crippen molar-refractivity contribution in [2.45, 2.75) is 63.4 Å². The normalized spacial score (nSPS) is 32.1. The number of amides is 1. The van der Waals surface area contributed by atoms with Crippen molar-refractivity contribution in [2.24, 2.45) is 5.92 Å². The number of ether oxygens (including phenoxy) is 2. The first-order chi connectivity index (χ1) is 11.5. The van der Waals surface area contributed by atoms with Gasteiger partial charge in [-0.2, -0.15) is 0 Å². The van der Waals surface area contributed by atoms with Gasteiger partial charge < -0.3 is 40.3 Å². The van der Waals surface area contributed by atoms with Crippen LogP contribution in [0.2, 0.25) is 0 Å². The Labute approximate surface area is 145 Å². The van der Waals surface area contributed by atoms with E-state index in [1.165, 1.54) is 0 Å². The molecule has 1 amide bonds. The minimum atomic E-state index is -2.57. The van der Waals surface area contributed by atoms with Crippen LogP contribution in [0, 0.1) is 5.92 Å². The average Bonchev–Trinajstić information content (AvgIpc) is 2.53. The minimum absolute atomic E-state index is 0.00219. The summed E-state index contributed by atoms with van der Waals surface area (Å²) in [4.78, 5) is 23.4. The van der Waals surface area contributed by atoms with E-state index >= 15 is 0 Å². The fourth-order valence-corrected chi connectivity index (χ4v) is 2.48. The van der Waals surface area contributed by atoms with Gasteiger partial charge in [-0.3, -0.25) is 4.79 Å². The van der Waals surface area contributed by atoms with Crippen molar-refractivity contribution in [3.8, 4) is 0 Å². The first-order valence-corrected chi connectivity index (χ1v) is 8.01. The Balaban J connectivity index is 3.04. The van der Waals surface area contributed by atoms with Crippen molar-refractivity contribution in [1.82, 2.24) is 5.32 Å². The molecule has 0 spiro atoms. The molecule has 1 fully saturated rings. The van der Waals surface area contributed by atoms with Gasteiger partial charge in [0.1, 0.15) is 18.3 Å². The van der Waals surface area contributed by atoms with Crippen LogP contribution in [-0.2, 0) is 19.1 Å². The zero-order valence-electron chi connectivity index (χ0n) is 14.5. The molecule has 146 valence electrons. The number of esters is 1. The van der Waals surface area contributed by atoms with Crippen LogP contribution in [0.4, 0.5) is 0 Å². The Morgan fingerprint density at radius 2 is 1.96 bits per heavy atom. The maximum absolute atomic E-state index is 12.1. The monoisotopic (exact) mass is 365 g/mol. The Bertz CT molecular complexity index is 472. The topological polar surface area (TPSA) is 166 Å². The lowest BCUT2D eigenvalue weighted by Crippen LogP contribution is -2.67. The van der Waals surface area contributed by atoms with Crippen LogP contribution in [0.3, 0.4) is 0 Å². The van der Waals surface area contributed by atoms with Gasteiger partial charge in [-0.05, 0) is 5.92 Å². The molecule has 1 rings (SSSR count).